The number of aliphatic hydroxyl groups excluding tert-OH is 1. The van der Waals surface area contributed by atoms with Gasteiger partial charge in [0.1, 0.15) is 11.6 Å². The molecule has 88 valence electrons. The predicted octanol–water partition coefficient (Wildman–Crippen LogP) is 3.16. The highest BCUT2D eigenvalue weighted by Gasteiger charge is 2.07. The van der Waals surface area contributed by atoms with E-state index in [0.717, 1.165) is 6.07 Å². The van der Waals surface area contributed by atoms with Crippen LogP contribution in [0.4, 0.5) is 4.39 Å². The molecule has 0 spiro atoms. The molecule has 2 rings (SSSR count). The van der Waals surface area contributed by atoms with Gasteiger partial charge in [-0.05, 0) is 24.3 Å². The zero-order valence-electron chi connectivity index (χ0n) is 8.73. The normalized spacial score (nSPS) is 10.3. The standard InChI is InChI=1S/C12H9ClFNO2/c13-10-5-9(14)1-2-11(10)17-12-6-15-4-3-8(12)7-16/h1-6,16H,7H2. The van der Waals surface area contributed by atoms with Gasteiger partial charge in [0.25, 0.3) is 0 Å². The van der Waals surface area contributed by atoms with Crippen molar-refractivity contribution in [3.63, 3.8) is 0 Å². The van der Waals surface area contributed by atoms with Gasteiger partial charge in [-0.2, -0.15) is 0 Å². The highest BCUT2D eigenvalue weighted by molar-refractivity contribution is 6.32. The van der Waals surface area contributed by atoms with Crippen molar-refractivity contribution in [2.75, 3.05) is 0 Å². The van der Waals surface area contributed by atoms with Gasteiger partial charge in [-0.15, -0.1) is 0 Å². The number of hydrogen-bond acceptors (Lipinski definition) is 3. The Bertz CT molecular complexity index is 534. The van der Waals surface area contributed by atoms with E-state index in [9.17, 15) is 4.39 Å². The van der Waals surface area contributed by atoms with Crippen LogP contribution in [0.25, 0.3) is 0 Å². The molecule has 3 nitrogen and oxygen atoms in total. The summed E-state index contributed by atoms with van der Waals surface area (Å²) in [5, 5.41) is 9.27. The van der Waals surface area contributed by atoms with Gasteiger partial charge >= 0.3 is 0 Å². The van der Waals surface area contributed by atoms with Crippen LogP contribution in [0.3, 0.4) is 0 Å². The molecule has 0 unspecified atom stereocenters. The summed E-state index contributed by atoms with van der Waals surface area (Å²) < 4.78 is 18.3. The van der Waals surface area contributed by atoms with Gasteiger partial charge < -0.3 is 9.84 Å². The molecule has 0 saturated heterocycles. The smallest absolute Gasteiger partial charge is 0.151 e. The van der Waals surface area contributed by atoms with Crippen molar-refractivity contribution in [1.82, 2.24) is 4.98 Å². The van der Waals surface area contributed by atoms with Crippen molar-refractivity contribution in [3.05, 3.63) is 53.1 Å². The second-order valence-corrected chi connectivity index (χ2v) is 3.73. The number of halogens is 2. The van der Waals surface area contributed by atoms with Crippen LogP contribution in [0.1, 0.15) is 5.56 Å². The maximum absolute atomic E-state index is 12.8. The zero-order valence-corrected chi connectivity index (χ0v) is 9.49. The Balaban J connectivity index is 2.31. The van der Waals surface area contributed by atoms with Crippen LogP contribution in [0, 0.1) is 5.82 Å². The second-order valence-electron chi connectivity index (χ2n) is 3.32. The van der Waals surface area contributed by atoms with E-state index < -0.39 is 5.82 Å². The Kier molecular flexibility index (Phi) is 3.56. The van der Waals surface area contributed by atoms with Crippen LogP contribution in [0.5, 0.6) is 11.5 Å². The van der Waals surface area contributed by atoms with E-state index in [2.05, 4.69) is 4.98 Å². The van der Waals surface area contributed by atoms with Gasteiger partial charge in [0.15, 0.2) is 5.75 Å². The Morgan fingerprint density at radius 1 is 1.29 bits per heavy atom. The fraction of sp³-hybridized carbons (Fsp3) is 0.0833. The first-order valence-electron chi connectivity index (χ1n) is 4.87. The molecule has 0 radical (unpaired) electrons. The Hall–Kier alpha value is -1.65. The van der Waals surface area contributed by atoms with E-state index in [1.165, 1.54) is 18.3 Å². The lowest BCUT2D eigenvalue weighted by Crippen LogP contribution is -1.93. The maximum Gasteiger partial charge on any atom is 0.151 e. The lowest BCUT2D eigenvalue weighted by atomic mass is 10.2. The molecule has 0 fully saturated rings. The summed E-state index contributed by atoms with van der Waals surface area (Å²) in [4.78, 5) is 3.88. The van der Waals surface area contributed by atoms with E-state index in [-0.39, 0.29) is 11.6 Å². The Labute approximate surface area is 102 Å². The molecule has 1 aromatic carbocycles. The largest absolute Gasteiger partial charge is 0.454 e. The summed E-state index contributed by atoms with van der Waals surface area (Å²) in [5.41, 5.74) is 0.584. The average molecular weight is 254 g/mol. The molecule has 1 heterocycles. The van der Waals surface area contributed by atoms with E-state index in [1.807, 2.05) is 0 Å². The first-order chi connectivity index (χ1) is 8.20. The molecule has 0 bridgehead atoms. The number of ether oxygens (including phenoxy) is 1. The average Bonchev–Trinajstić information content (AvgIpc) is 2.33. The Morgan fingerprint density at radius 2 is 2.12 bits per heavy atom. The third-order valence-electron chi connectivity index (χ3n) is 2.15. The fourth-order valence-electron chi connectivity index (χ4n) is 1.31. The van der Waals surface area contributed by atoms with Gasteiger partial charge in [0, 0.05) is 11.8 Å². The summed E-state index contributed by atoms with van der Waals surface area (Å²) in [6.07, 6.45) is 3.01. The number of pyridine rings is 1. The number of rotatable bonds is 3. The van der Waals surface area contributed by atoms with Gasteiger partial charge in [-0.25, -0.2) is 4.39 Å². The molecular formula is C12H9ClFNO2. The van der Waals surface area contributed by atoms with Crippen molar-refractivity contribution in [1.29, 1.82) is 0 Å². The van der Waals surface area contributed by atoms with Crippen LogP contribution in [0.2, 0.25) is 5.02 Å². The molecular weight excluding hydrogens is 245 g/mol. The van der Waals surface area contributed by atoms with Crippen molar-refractivity contribution in [2.45, 2.75) is 6.61 Å². The fourth-order valence-corrected chi connectivity index (χ4v) is 1.51. The molecule has 0 saturated carbocycles. The first-order valence-corrected chi connectivity index (χ1v) is 5.25. The van der Waals surface area contributed by atoms with Crippen molar-refractivity contribution in [3.8, 4) is 11.5 Å². The summed E-state index contributed by atoms with van der Waals surface area (Å²) in [6.45, 7) is -0.170. The lowest BCUT2D eigenvalue weighted by Gasteiger charge is -2.10. The monoisotopic (exact) mass is 253 g/mol. The van der Waals surface area contributed by atoms with Crippen molar-refractivity contribution >= 4 is 11.6 Å². The summed E-state index contributed by atoms with van der Waals surface area (Å²) in [5.74, 6) is 0.273. The van der Waals surface area contributed by atoms with E-state index >= 15 is 0 Å². The van der Waals surface area contributed by atoms with Crippen molar-refractivity contribution in [2.24, 2.45) is 0 Å². The van der Waals surface area contributed by atoms with Crippen molar-refractivity contribution < 1.29 is 14.2 Å². The van der Waals surface area contributed by atoms with Crippen LogP contribution in [0.15, 0.2) is 36.7 Å². The van der Waals surface area contributed by atoms with Gasteiger partial charge in [0.05, 0.1) is 17.8 Å². The lowest BCUT2D eigenvalue weighted by molar-refractivity contribution is 0.276. The Morgan fingerprint density at radius 3 is 2.82 bits per heavy atom. The minimum absolute atomic E-state index is 0.165. The van der Waals surface area contributed by atoms with Gasteiger partial charge in [-0.1, -0.05) is 11.6 Å². The van der Waals surface area contributed by atoms with E-state index in [0.29, 0.717) is 17.1 Å². The first kappa shape index (κ1) is 11.8. The van der Waals surface area contributed by atoms with Crippen LogP contribution in [-0.4, -0.2) is 10.1 Å². The highest BCUT2D eigenvalue weighted by Crippen LogP contribution is 2.31. The summed E-state index contributed by atoms with van der Waals surface area (Å²) >= 11 is 5.83. The van der Waals surface area contributed by atoms with Gasteiger partial charge in [0.2, 0.25) is 0 Å². The third kappa shape index (κ3) is 2.72. The third-order valence-corrected chi connectivity index (χ3v) is 2.45. The number of nitrogens with zero attached hydrogens (tertiary/aromatic N) is 1. The number of hydrogen-bond donors (Lipinski definition) is 1. The van der Waals surface area contributed by atoms with E-state index in [1.54, 1.807) is 12.3 Å². The SMILES string of the molecule is OCc1ccncc1Oc1ccc(F)cc1Cl. The number of benzene rings is 1. The molecule has 1 N–H and O–H groups in total. The minimum Gasteiger partial charge on any atom is -0.454 e. The molecule has 0 aliphatic heterocycles. The molecule has 2 aromatic rings. The second kappa shape index (κ2) is 5.12. The molecule has 5 heteroatoms. The maximum atomic E-state index is 12.8. The molecule has 0 aliphatic carbocycles. The topological polar surface area (TPSA) is 42.4 Å². The molecule has 0 aliphatic rings. The zero-order chi connectivity index (χ0) is 12.3. The van der Waals surface area contributed by atoms with Crippen LogP contribution in [-0.2, 0) is 6.61 Å². The quantitative estimate of drug-likeness (QED) is 0.914. The molecule has 0 amide bonds. The van der Waals surface area contributed by atoms with Crippen LogP contribution >= 0.6 is 11.6 Å². The van der Waals surface area contributed by atoms with E-state index in [4.69, 9.17) is 21.4 Å². The molecule has 1 aromatic heterocycles. The molecule has 17 heavy (non-hydrogen) atoms. The number of aromatic nitrogens is 1. The van der Waals surface area contributed by atoms with Crippen LogP contribution < -0.4 is 4.74 Å². The molecule has 0 atom stereocenters. The summed E-state index contributed by atoms with van der Waals surface area (Å²) in [7, 11) is 0. The highest BCUT2D eigenvalue weighted by atomic mass is 35.5. The number of aliphatic hydroxyl groups is 1. The van der Waals surface area contributed by atoms with Gasteiger partial charge in [-0.3, -0.25) is 4.98 Å². The minimum atomic E-state index is -0.434. The summed E-state index contributed by atoms with van der Waals surface area (Å²) in [6, 6.07) is 5.46. The predicted molar refractivity (Wildman–Crippen MR) is 61.6 cm³/mol.